The van der Waals surface area contributed by atoms with Crippen LogP contribution in [-0.4, -0.2) is 78.2 Å². The highest BCUT2D eigenvalue weighted by atomic mass is 15.3. The van der Waals surface area contributed by atoms with E-state index in [1.54, 1.807) is 18.7 Å². The van der Waals surface area contributed by atoms with Gasteiger partial charge in [0, 0.05) is 57.7 Å². The fraction of sp³-hybridized carbons (Fsp3) is 0.500. The zero-order valence-electron chi connectivity index (χ0n) is 14.3. The van der Waals surface area contributed by atoms with Crippen LogP contribution in [0.25, 0.3) is 0 Å². The van der Waals surface area contributed by atoms with Crippen LogP contribution >= 0.6 is 0 Å². The first kappa shape index (κ1) is 16.4. The number of rotatable bonds is 6. The predicted molar refractivity (Wildman–Crippen MR) is 95.5 cm³/mol. The van der Waals surface area contributed by atoms with E-state index in [9.17, 15) is 0 Å². The summed E-state index contributed by atoms with van der Waals surface area (Å²) >= 11 is 0. The topological polar surface area (TPSA) is 73.3 Å². The maximum absolute atomic E-state index is 4.42. The van der Waals surface area contributed by atoms with Crippen molar-refractivity contribution < 1.29 is 0 Å². The number of anilines is 3. The van der Waals surface area contributed by atoms with Crippen LogP contribution in [0, 0.1) is 0 Å². The summed E-state index contributed by atoms with van der Waals surface area (Å²) in [7, 11) is 4.12. The lowest BCUT2D eigenvalue weighted by Crippen LogP contribution is -2.47. The molecular weight excluding hydrogens is 304 g/mol. The minimum absolute atomic E-state index is 0.797. The molecule has 1 aliphatic heterocycles. The molecule has 0 aliphatic carbocycles. The first-order chi connectivity index (χ1) is 11.7. The highest BCUT2D eigenvalue weighted by Crippen LogP contribution is 2.17. The summed E-state index contributed by atoms with van der Waals surface area (Å²) in [6.07, 6.45) is 5.19. The van der Waals surface area contributed by atoms with Gasteiger partial charge in [-0.1, -0.05) is 0 Å². The minimum atomic E-state index is 0.797. The van der Waals surface area contributed by atoms with E-state index in [-0.39, 0.29) is 0 Å². The summed E-state index contributed by atoms with van der Waals surface area (Å²) in [5.74, 6) is 2.63. The largest absolute Gasteiger partial charge is 0.369 e. The van der Waals surface area contributed by atoms with Gasteiger partial charge in [-0.2, -0.15) is 0 Å². The SMILES string of the molecule is CN(C)CCNc1cc(N2CCN(c3ncccn3)CC2)ncn1. The Morgan fingerprint density at radius 1 is 1.00 bits per heavy atom. The molecule has 24 heavy (non-hydrogen) atoms. The van der Waals surface area contributed by atoms with E-state index in [0.29, 0.717) is 0 Å². The molecule has 128 valence electrons. The van der Waals surface area contributed by atoms with Gasteiger partial charge < -0.3 is 20.0 Å². The van der Waals surface area contributed by atoms with Gasteiger partial charge in [0.25, 0.3) is 0 Å². The molecular formula is C16H24N8. The maximum Gasteiger partial charge on any atom is 0.225 e. The smallest absolute Gasteiger partial charge is 0.225 e. The third-order valence-corrected chi connectivity index (χ3v) is 3.96. The number of nitrogens with zero attached hydrogens (tertiary/aromatic N) is 7. The monoisotopic (exact) mass is 328 g/mol. The van der Waals surface area contributed by atoms with Crippen LogP contribution in [0.5, 0.6) is 0 Å². The van der Waals surface area contributed by atoms with E-state index >= 15 is 0 Å². The first-order valence-electron chi connectivity index (χ1n) is 8.20. The molecule has 1 N–H and O–H groups in total. The Hall–Kier alpha value is -2.48. The Labute approximate surface area is 142 Å². The van der Waals surface area contributed by atoms with Gasteiger partial charge in [-0.05, 0) is 20.2 Å². The van der Waals surface area contributed by atoms with Crippen molar-refractivity contribution in [2.75, 3.05) is 68.5 Å². The molecule has 8 heteroatoms. The summed E-state index contributed by atoms with van der Waals surface area (Å²) in [6.45, 7) is 5.39. The van der Waals surface area contributed by atoms with E-state index in [0.717, 1.165) is 56.9 Å². The Balaban J connectivity index is 1.56. The Morgan fingerprint density at radius 3 is 2.42 bits per heavy atom. The highest BCUT2D eigenvalue weighted by Gasteiger charge is 2.20. The summed E-state index contributed by atoms with van der Waals surface area (Å²) in [5.41, 5.74) is 0. The van der Waals surface area contributed by atoms with E-state index in [4.69, 9.17) is 0 Å². The zero-order valence-corrected chi connectivity index (χ0v) is 14.3. The molecule has 0 unspecified atom stereocenters. The minimum Gasteiger partial charge on any atom is -0.369 e. The van der Waals surface area contributed by atoms with Crippen LogP contribution in [0.1, 0.15) is 0 Å². The molecule has 2 aromatic rings. The van der Waals surface area contributed by atoms with Crippen LogP contribution < -0.4 is 15.1 Å². The first-order valence-corrected chi connectivity index (χ1v) is 8.20. The van der Waals surface area contributed by atoms with Gasteiger partial charge >= 0.3 is 0 Å². The molecule has 0 aromatic carbocycles. The standard InChI is InChI=1S/C16H24N8/c1-22(2)7-6-17-14-12-15(21-13-20-14)23-8-10-24(11-9-23)16-18-4-3-5-19-16/h3-5,12-13H,6-11H2,1-2H3,(H,17,20,21). The van der Waals surface area contributed by atoms with E-state index in [1.807, 2.05) is 12.1 Å². The highest BCUT2D eigenvalue weighted by molar-refractivity contribution is 5.49. The molecule has 1 fully saturated rings. The van der Waals surface area contributed by atoms with Crippen molar-refractivity contribution in [3.8, 4) is 0 Å². The molecule has 8 nitrogen and oxygen atoms in total. The van der Waals surface area contributed by atoms with E-state index < -0.39 is 0 Å². The van der Waals surface area contributed by atoms with Crippen molar-refractivity contribution in [3.63, 3.8) is 0 Å². The summed E-state index contributed by atoms with van der Waals surface area (Å²) < 4.78 is 0. The number of likely N-dealkylation sites (N-methyl/N-ethyl adjacent to an activating group) is 1. The van der Waals surface area contributed by atoms with Crippen LogP contribution in [-0.2, 0) is 0 Å². The predicted octanol–water partition coefficient (Wildman–Crippen LogP) is 0.567. The molecule has 0 atom stereocenters. The Bertz CT molecular complexity index is 625. The molecule has 3 rings (SSSR count). The Kier molecular flexibility index (Phi) is 5.37. The fourth-order valence-electron chi connectivity index (χ4n) is 2.61. The third kappa shape index (κ3) is 4.29. The number of hydrogen-bond acceptors (Lipinski definition) is 8. The van der Waals surface area contributed by atoms with E-state index in [2.05, 4.69) is 54.0 Å². The van der Waals surface area contributed by atoms with Crippen molar-refractivity contribution in [3.05, 3.63) is 30.9 Å². The molecule has 1 saturated heterocycles. The second-order valence-corrected chi connectivity index (χ2v) is 6.01. The third-order valence-electron chi connectivity index (χ3n) is 3.96. The van der Waals surface area contributed by atoms with Crippen molar-refractivity contribution in [2.45, 2.75) is 0 Å². The van der Waals surface area contributed by atoms with E-state index in [1.165, 1.54) is 0 Å². The molecule has 1 aliphatic rings. The molecule has 0 amide bonds. The average molecular weight is 328 g/mol. The average Bonchev–Trinajstić information content (AvgIpc) is 2.63. The zero-order chi connectivity index (χ0) is 16.8. The van der Waals surface area contributed by atoms with Crippen LogP contribution in [0.15, 0.2) is 30.9 Å². The van der Waals surface area contributed by atoms with Crippen molar-refractivity contribution in [1.29, 1.82) is 0 Å². The maximum atomic E-state index is 4.42. The van der Waals surface area contributed by atoms with Crippen molar-refractivity contribution in [1.82, 2.24) is 24.8 Å². The van der Waals surface area contributed by atoms with Gasteiger partial charge in [0.2, 0.25) is 5.95 Å². The number of hydrogen-bond donors (Lipinski definition) is 1. The molecule has 3 heterocycles. The van der Waals surface area contributed by atoms with Gasteiger partial charge in [-0.25, -0.2) is 19.9 Å². The van der Waals surface area contributed by atoms with Gasteiger partial charge in [0.15, 0.2) is 0 Å². The fourth-order valence-corrected chi connectivity index (χ4v) is 2.61. The second kappa shape index (κ2) is 7.87. The quantitative estimate of drug-likeness (QED) is 0.825. The number of aromatic nitrogens is 4. The molecule has 0 saturated carbocycles. The lowest BCUT2D eigenvalue weighted by Gasteiger charge is -2.35. The van der Waals surface area contributed by atoms with Crippen LogP contribution in [0.4, 0.5) is 17.6 Å². The number of piperazine rings is 1. The van der Waals surface area contributed by atoms with Crippen LogP contribution in [0.2, 0.25) is 0 Å². The van der Waals surface area contributed by atoms with Gasteiger partial charge in [0.1, 0.15) is 18.0 Å². The Morgan fingerprint density at radius 2 is 1.71 bits per heavy atom. The molecule has 0 radical (unpaired) electrons. The van der Waals surface area contributed by atoms with Crippen molar-refractivity contribution in [2.24, 2.45) is 0 Å². The lowest BCUT2D eigenvalue weighted by molar-refractivity contribution is 0.425. The molecule has 2 aromatic heterocycles. The lowest BCUT2D eigenvalue weighted by atomic mass is 10.3. The number of nitrogens with one attached hydrogen (secondary N) is 1. The normalized spacial score (nSPS) is 15.0. The summed E-state index contributed by atoms with van der Waals surface area (Å²) in [6, 6.07) is 3.86. The molecule has 0 spiro atoms. The van der Waals surface area contributed by atoms with Gasteiger partial charge in [-0.15, -0.1) is 0 Å². The summed E-state index contributed by atoms with van der Waals surface area (Å²) in [4.78, 5) is 24.0. The van der Waals surface area contributed by atoms with Gasteiger partial charge in [-0.3, -0.25) is 0 Å². The molecule has 0 bridgehead atoms. The van der Waals surface area contributed by atoms with Crippen molar-refractivity contribution >= 4 is 17.6 Å². The van der Waals surface area contributed by atoms with Gasteiger partial charge in [0.05, 0.1) is 0 Å². The second-order valence-electron chi connectivity index (χ2n) is 6.01. The summed E-state index contributed by atoms with van der Waals surface area (Å²) in [5, 5.41) is 3.34. The van der Waals surface area contributed by atoms with Crippen LogP contribution in [0.3, 0.4) is 0 Å².